The molecule has 0 aromatic heterocycles. The molecule has 0 saturated carbocycles. The van der Waals surface area contributed by atoms with Crippen LogP contribution in [0.2, 0.25) is 0 Å². The Kier molecular flexibility index (Phi) is 8.13. The van der Waals surface area contributed by atoms with Gasteiger partial charge in [0.2, 0.25) is 0 Å². The normalized spacial score (nSPS) is 15.5. The molecule has 0 amide bonds. The Morgan fingerprint density at radius 3 is 1.32 bits per heavy atom. The maximum atomic E-state index is 2.49. The predicted octanol–water partition coefficient (Wildman–Crippen LogP) is 15.2. The Labute approximate surface area is 347 Å². The van der Waals surface area contributed by atoms with Crippen molar-refractivity contribution in [3.8, 4) is 44.5 Å². The van der Waals surface area contributed by atoms with Gasteiger partial charge in [-0.05, 0) is 108 Å². The molecule has 0 fully saturated rings. The van der Waals surface area contributed by atoms with Crippen LogP contribution in [0.3, 0.4) is 0 Å². The van der Waals surface area contributed by atoms with E-state index < -0.39 is 5.41 Å². The number of benzene rings is 9. The molecule has 280 valence electrons. The van der Waals surface area contributed by atoms with Crippen molar-refractivity contribution in [2.24, 2.45) is 0 Å². The third-order valence-corrected chi connectivity index (χ3v) is 12.9. The van der Waals surface area contributed by atoms with Gasteiger partial charge in [0.1, 0.15) is 0 Å². The average molecular weight is 754 g/mol. The first kappa shape index (κ1) is 35.0. The van der Waals surface area contributed by atoms with Gasteiger partial charge in [0.15, 0.2) is 0 Å². The third kappa shape index (κ3) is 5.31. The van der Waals surface area contributed by atoms with E-state index in [0.717, 1.165) is 11.4 Å². The fraction of sp³-hybridized carbons (Fsp3) is 0.0690. The van der Waals surface area contributed by atoms with Crippen LogP contribution >= 0.6 is 0 Å². The molecule has 1 unspecified atom stereocenters. The highest BCUT2D eigenvalue weighted by Gasteiger charge is 2.54. The topological polar surface area (TPSA) is 3.24 Å². The minimum absolute atomic E-state index is 0.339. The van der Waals surface area contributed by atoms with Crippen molar-refractivity contribution in [2.45, 2.75) is 24.7 Å². The first-order valence-electron chi connectivity index (χ1n) is 20.7. The summed E-state index contributed by atoms with van der Waals surface area (Å²) in [6.45, 7) is 4.86. The molecule has 2 aliphatic carbocycles. The molecule has 1 heteroatoms. The van der Waals surface area contributed by atoms with E-state index in [1.807, 2.05) is 0 Å². The summed E-state index contributed by atoms with van der Waals surface area (Å²) in [4.78, 5) is 2.49. The molecular formula is C58H43N. The van der Waals surface area contributed by atoms with Crippen LogP contribution in [0.1, 0.15) is 47.2 Å². The van der Waals surface area contributed by atoms with Gasteiger partial charge in [0.25, 0.3) is 0 Å². The van der Waals surface area contributed by atoms with Crippen molar-refractivity contribution < 1.29 is 0 Å². The fourth-order valence-corrected chi connectivity index (χ4v) is 10.4. The van der Waals surface area contributed by atoms with Crippen LogP contribution in [-0.2, 0) is 10.8 Å². The van der Waals surface area contributed by atoms with E-state index in [2.05, 4.69) is 243 Å². The van der Waals surface area contributed by atoms with E-state index in [0.29, 0.717) is 0 Å². The quantitative estimate of drug-likeness (QED) is 0.163. The van der Waals surface area contributed by atoms with E-state index >= 15 is 0 Å². The minimum Gasteiger partial charge on any atom is -0.310 e. The van der Waals surface area contributed by atoms with Crippen LogP contribution in [0.15, 0.2) is 224 Å². The molecule has 0 saturated heterocycles. The summed E-state index contributed by atoms with van der Waals surface area (Å²) in [7, 11) is 0. The summed E-state index contributed by atoms with van der Waals surface area (Å²) in [5, 5.41) is 0. The Morgan fingerprint density at radius 2 is 0.729 bits per heavy atom. The number of hydrogen-bond donors (Lipinski definition) is 0. The largest absolute Gasteiger partial charge is 0.310 e. The van der Waals surface area contributed by atoms with E-state index in [-0.39, 0.29) is 5.41 Å². The van der Waals surface area contributed by atoms with Crippen molar-refractivity contribution >= 4 is 17.1 Å². The van der Waals surface area contributed by atoms with Gasteiger partial charge in [-0.15, -0.1) is 0 Å². The second kappa shape index (κ2) is 13.7. The van der Waals surface area contributed by atoms with Gasteiger partial charge in [-0.2, -0.15) is 0 Å². The molecule has 1 spiro atoms. The molecule has 1 nitrogen and oxygen atoms in total. The zero-order valence-corrected chi connectivity index (χ0v) is 33.3. The maximum absolute atomic E-state index is 2.49. The lowest BCUT2D eigenvalue weighted by atomic mass is 9.55. The van der Waals surface area contributed by atoms with Gasteiger partial charge in [-0.25, -0.2) is 0 Å². The first-order valence-corrected chi connectivity index (χ1v) is 20.7. The molecular weight excluding hydrogens is 711 g/mol. The van der Waals surface area contributed by atoms with Crippen molar-refractivity contribution in [3.63, 3.8) is 0 Å². The second-order valence-electron chi connectivity index (χ2n) is 16.4. The van der Waals surface area contributed by atoms with Crippen LogP contribution < -0.4 is 4.90 Å². The summed E-state index contributed by atoms with van der Waals surface area (Å²) in [5.41, 5.74) is 20.6. The summed E-state index contributed by atoms with van der Waals surface area (Å²) in [6.07, 6.45) is 0. The van der Waals surface area contributed by atoms with Crippen molar-refractivity contribution in [3.05, 3.63) is 258 Å². The van der Waals surface area contributed by atoms with Gasteiger partial charge in [0, 0.05) is 16.8 Å². The van der Waals surface area contributed by atoms with E-state index in [9.17, 15) is 0 Å². The van der Waals surface area contributed by atoms with Gasteiger partial charge in [-0.1, -0.05) is 208 Å². The molecule has 11 rings (SSSR count). The van der Waals surface area contributed by atoms with Gasteiger partial charge >= 0.3 is 0 Å². The maximum Gasteiger partial charge on any atom is 0.0720 e. The zero-order valence-electron chi connectivity index (χ0n) is 33.3. The Bertz CT molecular complexity index is 2900. The Balaban J connectivity index is 1.20. The molecule has 0 heterocycles. The summed E-state index contributed by atoms with van der Waals surface area (Å²) >= 11 is 0. The highest BCUT2D eigenvalue weighted by atomic mass is 15.1. The highest BCUT2D eigenvalue weighted by Crippen LogP contribution is 2.64. The molecule has 9 aromatic carbocycles. The molecule has 9 aromatic rings. The zero-order chi connectivity index (χ0) is 39.6. The highest BCUT2D eigenvalue weighted by molar-refractivity contribution is 5.97. The Hall–Kier alpha value is -7.22. The van der Waals surface area contributed by atoms with Crippen molar-refractivity contribution in [1.29, 1.82) is 0 Å². The smallest absolute Gasteiger partial charge is 0.0720 e. The number of anilines is 3. The fourth-order valence-electron chi connectivity index (χ4n) is 10.4. The number of hydrogen-bond acceptors (Lipinski definition) is 1. The van der Waals surface area contributed by atoms with Crippen molar-refractivity contribution in [2.75, 3.05) is 4.90 Å². The summed E-state index contributed by atoms with van der Waals surface area (Å²) in [6, 6.07) is 82.9. The molecule has 1 atom stereocenters. The lowest BCUT2D eigenvalue weighted by Crippen LogP contribution is -2.41. The number of rotatable bonds is 6. The molecule has 0 aliphatic heterocycles. The van der Waals surface area contributed by atoms with Crippen molar-refractivity contribution in [1.82, 2.24) is 0 Å². The van der Waals surface area contributed by atoms with Crippen LogP contribution in [0, 0.1) is 0 Å². The van der Waals surface area contributed by atoms with Gasteiger partial charge in [0.05, 0.1) is 11.1 Å². The number of nitrogens with zero attached hydrogens (tertiary/aromatic N) is 1. The summed E-state index contributed by atoms with van der Waals surface area (Å²) in [5.74, 6) is 0. The SMILES string of the molecule is CC1(C)c2ccccc2C2(c3ccccc3-c3c(-c4ccccc4)cccc32)c2cccc(N(c3ccc(-c4ccccc4)cc3)c3ccc(-c4ccccc4)cc3)c21. The number of fused-ring (bicyclic) bond motifs is 9. The van der Waals surface area contributed by atoms with Crippen LogP contribution in [-0.4, -0.2) is 0 Å². The molecule has 0 bridgehead atoms. The van der Waals surface area contributed by atoms with Crippen LogP contribution in [0.4, 0.5) is 17.1 Å². The first-order chi connectivity index (χ1) is 29.0. The molecule has 0 N–H and O–H groups in total. The second-order valence-corrected chi connectivity index (χ2v) is 16.4. The third-order valence-electron chi connectivity index (χ3n) is 12.9. The molecule has 59 heavy (non-hydrogen) atoms. The van der Waals surface area contributed by atoms with E-state index in [4.69, 9.17) is 0 Å². The van der Waals surface area contributed by atoms with E-state index in [1.165, 1.54) is 83.6 Å². The summed E-state index contributed by atoms with van der Waals surface area (Å²) < 4.78 is 0. The molecule has 0 radical (unpaired) electrons. The minimum atomic E-state index is -0.534. The lowest BCUT2D eigenvalue weighted by molar-refractivity contribution is 0.564. The Morgan fingerprint density at radius 1 is 0.305 bits per heavy atom. The molecule has 2 aliphatic rings. The standard InChI is InChI=1S/C58H43N/c1-57(2)50-27-14-15-28-51(50)58(49-26-13-12-24-48(49)55-47(25-16-29-52(55)58)44-22-10-5-11-23-44)53-30-17-31-54(56(53)57)59(45-36-32-42(33-37-45)40-18-6-3-7-19-40)46-38-34-43(35-39-46)41-20-8-4-9-21-41/h3-39H,1-2H3. The van der Waals surface area contributed by atoms with Crippen LogP contribution in [0.25, 0.3) is 44.5 Å². The average Bonchev–Trinajstić information content (AvgIpc) is 3.61. The van der Waals surface area contributed by atoms with Gasteiger partial charge in [-0.3, -0.25) is 0 Å². The van der Waals surface area contributed by atoms with Crippen LogP contribution in [0.5, 0.6) is 0 Å². The monoisotopic (exact) mass is 753 g/mol. The lowest BCUT2D eigenvalue weighted by Gasteiger charge is -2.48. The predicted molar refractivity (Wildman–Crippen MR) is 247 cm³/mol. The van der Waals surface area contributed by atoms with Gasteiger partial charge < -0.3 is 4.90 Å². The van der Waals surface area contributed by atoms with E-state index in [1.54, 1.807) is 0 Å².